The van der Waals surface area contributed by atoms with Gasteiger partial charge in [-0.3, -0.25) is 4.90 Å². The average molecular weight is 333 g/mol. The predicted molar refractivity (Wildman–Crippen MR) is 84.6 cm³/mol. The van der Waals surface area contributed by atoms with Gasteiger partial charge in [0.15, 0.2) is 9.84 Å². The fraction of sp³-hybridized carbons (Fsp3) is 0.929. The van der Waals surface area contributed by atoms with E-state index in [-0.39, 0.29) is 41.8 Å². The Morgan fingerprint density at radius 1 is 1.32 bits per heavy atom. The molecule has 2 aliphatic heterocycles. The van der Waals surface area contributed by atoms with Crippen molar-refractivity contribution in [1.29, 1.82) is 0 Å². The summed E-state index contributed by atoms with van der Waals surface area (Å²) in [4.78, 5) is 14.2. The van der Waals surface area contributed by atoms with Gasteiger partial charge in [0, 0.05) is 31.7 Å². The van der Waals surface area contributed by atoms with Gasteiger partial charge in [-0.1, -0.05) is 0 Å². The maximum Gasteiger partial charge on any atom is 0.315 e. The summed E-state index contributed by atoms with van der Waals surface area (Å²) in [6, 6.07) is -0.334. The highest BCUT2D eigenvalue weighted by Crippen LogP contribution is 2.13. The molecule has 128 valence electrons. The largest absolute Gasteiger partial charge is 0.373 e. The highest BCUT2D eigenvalue weighted by Gasteiger charge is 2.29. The Morgan fingerprint density at radius 3 is 2.50 bits per heavy atom. The van der Waals surface area contributed by atoms with E-state index in [1.807, 2.05) is 0 Å². The summed E-state index contributed by atoms with van der Waals surface area (Å²) in [6.45, 7) is 8.42. The Hall–Kier alpha value is -0.860. The monoisotopic (exact) mass is 333 g/mol. The van der Waals surface area contributed by atoms with Crippen LogP contribution in [-0.2, 0) is 14.6 Å². The van der Waals surface area contributed by atoms with Crippen LogP contribution in [-0.4, -0.2) is 74.8 Å². The van der Waals surface area contributed by atoms with Crippen LogP contribution in [0.25, 0.3) is 0 Å². The Labute approximate surface area is 132 Å². The molecule has 0 aromatic heterocycles. The minimum Gasteiger partial charge on any atom is -0.373 e. The summed E-state index contributed by atoms with van der Waals surface area (Å²) < 4.78 is 28.4. The first kappa shape index (κ1) is 17.5. The topological polar surface area (TPSA) is 87.7 Å². The molecule has 2 saturated heterocycles. The molecular formula is C14H27N3O4S. The molecule has 2 aliphatic rings. The minimum atomic E-state index is -2.97. The highest BCUT2D eigenvalue weighted by molar-refractivity contribution is 7.91. The van der Waals surface area contributed by atoms with Gasteiger partial charge in [-0.2, -0.15) is 0 Å². The Bertz CT molecular complexity index is 486. The van der Waals surface area contributed by atoms with Gasteiger partial charge in [0.1, 0.15) is 0 Å². The number of carbonyl (C=O) groups is 1. The summed E-state index contributed by atoms with van der Waals surface area (Å²) in [7, 11) is -2.97. The van der Waals surface area contributed by atoms with Gasteiger partial charge in [-0.15, -0.1) is 0 Å². The number of carbonyl (C=O) groups excluding carboxylic acids is 1. The number of morpholine rings is 1. The van der Waals surface area contributed by atoms with Gasteiger partial charge < -0.3 is 15.4 Å². The average Bonchev–Trinajstić information content (AvgIpc) is 2.74. The molecule has 0 spiro atoms. The van der Waals surface area contributed by atoms with Crippen molar-refractivity contribution in [2.75, 3.05) is 31.1 Å². The lowest BCUT2D eigenvalue weighted by Gasteiger charge is -2.39. The number of ether oxygens (including phenoxy) is 1. The molecule has 0 unspecified atom stereocenters. The van der Waals surface area contributed by atoms with Crippen molar-refractivity contribution >= 4 is 15.9 Å². The Balaban J connectivity index is 1.71. The molecule has 0 aromatic carbocycles. The maximum absolute atomic E-state index is 11.9. The van der Waals surface area contributed by atoms with E-state index in [0.29, 0.717) is 13.0 Å². The van der Waals surface area contributed by atoms with E-state index in [1.165, 1.54) is 0 Å². The van der Waals surface area contributed by atoms with Crippen molar-refractivity contribution in [3.8, 4) is 0 Å². The molecule has 4 atom stereocenters. The van der Waals surface area contributed by atoms with E-state index in [2.05, 4.69) is 36.3 Å². The lowest BCUT2D eigenvalue weighted by atomic mass is 10.2. The van der Waals surface area contributed by atoms with Crippen molar-refractivity contribution in [3.63, 3.8) is 0 Å². The van der Waals surface area contributed by atoms with Crippen LogP contribution in [0, 0.1) is 0 Å². The van der Waals surface area contributed by atoms with Crippen LogP contribution >= 0.6 is 0 Å². The zero-order valence-corrected chi connectivity index (χ0v) is 14.4. The Kier molecular flexibility index (Phi) is 5.68. The molecule has 7 nitrogen and oxygen atoms in total. The van der Waals surface area contributed by atoms with Crippen LogP contribution in [0.15, 0.2) is 0 Å². The SMILES string of the molecule is C[C@@H]1CN([C@H](C)CNC(=O)N[C@@H]2CCS(=O)(=O)C2)C[C@H](C)O1. The van der Waals surface area contributed by atoms with Gasteiger partial charge in [0.2, 0.25) is 0 Å². The number of sulfone groups is 1. The fourth-order valence-electron chi connectivity index (χ4n) is 3.09. The predicted octanol–water partition coefficient (Wildman–Crippen LogP) is -0.0296. The molecule has 2 N–H and O–H groups in total. The van der Waals surface area contributed by atoms with Crippen molar-refractivity contribution in [2.45, 2.75) is 51.5 Å². The first-order valence-electron chi connectivity index (χ1n) is 7.89. The van der Waals surface area contributed by atoms with E-state index in [0.717, 1.165) is 13.1 Å². The van der Waals surface area contributed by atoms with Crippen LogP contribution in [0.5, 0.6) is 0 Å². The lowest BCUT2D eigenvalue weighted by molar-refractivity contribution is -0.0778. The van der Waals surface area contributed by atoms with E-state index in [9.17, 15) is 13.2 Å². The van der Waals surface area contributed by atoms with Crippen molar-refractivity contribution in [2.24, 2.45) is 0 Å². The van der Waals surface area contributed by atoms with E-state index < -0.39 is 9.84 Å². The van der Waals surface area contributed by atoms with Gasteiger partial charge in [0.25, 0.3) is 0 Å². The molecule has 22 heavy (non-hydrogen) atoms. The number of urea groups is 1. The molecule has 2 heterocycles. The molecule has 0 radical (unpaired) electrons. The summed E-state index contributed by atoms with van der Waals surface area (Å²) in [5.41, 5.74) is 0. The summed E-state index contributed by atoms with van der Waals surface area (Å²) in [5.74, 6) is 0.215. The van der Waals surface area contributed by atoms with E-state index in [1.54, 1.807) is 0 Å². The molecule has 0 aromatic rings. The molecular weight excluding hydrogens is 306 g/mol. The number of hydrogen-bond acceptors (Lipinski definition) is 5. The molecule has 8 heteroatoms. The highest BCUT2D eigenvalue weighted by atomic mass is 32.2. The fourth-order valence-corrected chi connectivity index (χ4v) is 4.77. The lowest BCUT2D eigenvalue weighted by Crippen LogP contribution is -2.53. The number of nitrogens with one attached hydrogen (secondary N) is 2. The Morgan fingerprint density at radius 2 is 1.95 bits per heavy atom. The van der Waals surface area contributed by atoms with Crippen molar-refractivity contribution < 1.29 is 17.9 Å². The third-order valence-electron chi connectivity index (χ3n) is 4.20. The van der Waals surface area contributed by atoms with Crippen LogP contribution in [0.1, 0.15) is 27.2 Å². The van der Waals surface area contributed by atoms with Gasteiger partial charge >= 0.3 is 6.03 Å². The third-order valence-corrected chi connectivity index (χ3v) is 5.96. The summed E-state index contributed by atoms with van der Waals surface area (Å²) in [5, 5.41) is 5.57. The molecule has 0 bridgehead atoms. The standard InChI is InChI=1S/C14H27N3O4S/c1-10(17-7-11(2)21-12(3)8-17)6-15-14(18)16-13-4-5-22(19,20)9-13/h10-13H,4-9H2,1-3H3,(H2,15,16,18)/t10-,11-,12+,13-/m1/s1. The van der Waals surface area contributed by atoms with Gasteiger partial charge in [-0.25, -0.2) is 13.2 Å². The molecule has 2 fully saturated rings. The zero-order valence-electron chi connectivity index (χ0n) is 13.5. The van der Waals surface area contributed by atoms with Crippen molar-refractivity contribution in [1.82, 2.24) is 15.5 Å². The van der Waals surface area contributed by atoms with Crippen LogP contribution in [0.3, 0.4) is 0 Å². The number of nitrogens with zero attached hydrogens (tertiary/aromatic N) is 1. The normalized spacial score (nSPS) is 33.3. The molecule has 2 rings (SSSR count). The molecule has 0 aliphatic carbocycles. The van der Waals surface area contributed by atoms with E-state index >= 15 is 0 Å². The summed E-state index contributed by atoms with van der Waals surface area (Å²) >= 11 is 0. The van der Waals surface area contributed by atoms with Crippen LogP contribution < -0.4 is 10.6 Å². The number of rotatable bonds is 4. The second-order valence-electron chi connectivity index (χ2n) is 6.51. The second kappa shape index (κ2) is 7.14. The first-order valence-corrected chi connectivity index (χ1v) is 9.71. The van der Waals surface area contributed by atoms with Crippen molar-refractivity contribution in [3.05, 3.63) is 0 Å². The minimum absolute atomic E-state index is 0.0501. The molecule has 2 amide bonds. The van der Waals surface area contributed by atoms with Crippen LogP contribution in [0.4, 0.5) is 4.79 Å². The van der Waals surface area contributed by atoms with Gasteiger partial charge in [0.05, 0.1) is 23.7 Å². The van der Waals surface area contributed by atoms with Crippen LogP contribution in [0.2, 0.25) is 0 Å². The van der Waals surface area contributed by atoms with Gasteiger partial charge in [-0.05, 0) is 27.2 Å². The quantitative estimate of drug-likeness (QED) is 0.754. The first-order chi connectivity index (χ1) is 10.2. The third kappa shape index (κ3) is 5.10. The smallest absolute Gasteiger partial charge is 0.315 e. The number of amides is 2. The molecule has 0 saturated carbocycles. The van der Waals surface area contributed by atoms with E-state index in [4.69, 9.17) is 4.74 Å². The number of hydrogen-bond donors (Lipinski definition) is 2. The second-order valence-corrected chi connectivity index (χ2v) is 8.74. The maximum atomic E-state index is 11.9. The zero-order chi connectivity index (χ0) is 16.3. The summed E-state index contributed by atoms with van der Waals surface area (Å²) in [6.07, 6.45) is 0.900.